The summed E-state index contributed by atoms with van der Waals surface area (Å²) >= 11 is 0. The van der Waals surface area contributed by atoms with Crippen LogP contribution in [-0.2, 0) is 4.74 Å². The van der Waals surface area contributed by atoms with Gasteiger partial charge in [0.1, 0.15) is 0 Å². The van der Waals surface area contributed by atoms with E-state index in [-0.39, 0.29) is 0 Å². The molecule has 0 aromatic rings. The van der Waals surface area contributed by atoms with Gasteiger partial charge < -0.3 is 15.4 Å². The predicted octanol–water partition coefficient (Wildman–Crippen LogP) is 0.365. The van der Waals surface area contributed by atoms with Gasteiger partial charge in [-0.2, -0.15) is 0 Å². The molecule has 13 heavy (non-hydrogen) atoms. The summed E-state index contributed by atoms with van der Waals surface area (Å²) in [6.07, 6.45) is 4.33. The van der Waals surface area contributed by atoms with Gasteiger partial charge in [-0.3, -0.25) is 0 Å². The summed E-state index contributed by atoms with van der Waals surface area (Å²) in [4.78, 5) is 0. The third-order valence-corrected chi connectivity index (χ3v) is 2.95. The van der Waals surface area contributed by atoms with Gasteiger partial charge in [-0.1, -0.05) is 0 Å². The van der Waals surface area contributed by atoms with E-state index in [1.807, 2.05) is 0 Å². The Morgan fingerprint density at radius 3 is 2.77 bits per heavy atom. The van der Waals surface area contributed by atoms with Gasteiger partial charge >= 0.3 is 0 Å². The average molecular weight is 184 g/mol. The molecule has 0 aromatic carbocycles. The Balaban J connectivity index is 1.50. The van der Waals surface area contributed by atoms with Gasteiger partial charge in [0, 0.05) is 32.8 Å². The molecule has 2 rings (SSSR count). The third-order valence-electron chi connectivity index (χ3n) is 2.95. The lowest BCUT2D eigenvalue weighted by Crippen LogP contribution is -2.48. The van der Waals surface area contributed by atoms with Crippen molar-refractivity contribution in [2.45, 2.75) is 25.4 Å². The molecule has 0 bridgehead atoms. The minimum atomic E-state index is 0.488. The lowest BCUT2D eigenvalue weighted by Gasteiger charge is -2.29. The van der Waals surface area contributed by atoms with E-state index in [4.69, 9.17) is 4.74 Å². The zero-order valence-corrected chi connectivity index (χ0v) is 8.22. The monoisotopic (exact) mass is 184 g/mol. The predicted molar refractivity (Wildman–Crippen MR) is 52.8 cm³/mol. The van der Waals surface area contributed by atoms with Gasteiger partial charge in [0.2, 0.25) is 0 Å². The van der Waals surface area contributed by atoms with Crippen LogP contribution in [0.5, 0.6) is 0 Å². The fraction of sp³-hybridized carbons (Fsp3) is 1.00. The molecule has 2 saturated heterocycles. The van der Waals surface area contributed by atoms with E-state index < -0.39 is 0 Å². The van der Waals surface area contributed by atoms with Crippen LogP contribution < -0.4 is 10.6 Å². The Labute approximate surface area is 80.2 Å². The smallest absolute Gasteiger partial charge is 0.0699 e. The highest BCUT2D eigenvalue weighted by Gasteiger charge is 2.17. The maximum atomic E-state index is 5.63. The second-order valence-corrected chi connectivity index (χ2v) is 4.17. The number of rotatable bonds is 4. The molecule has 0 radical (unpaired) electrons. The van der Waals surface area contributed by atoms with Crippen molar-refractivity contribution in [2.75, 3.05) is 32.8 Å². The minimum Gasteiger partial charge on any atom is -0.377 e. The Kier molecular flexibility index (Phi) is 3.58. The molecule has 1 unspecified atom stereocenters. The number of ether oxygens (including phenoxy) is 1. The molecular weight excluding hydrogens is 164 g/mol. The van der Waals surface area contributed by atoms with Crippen LogP contribution >= 0.6 is 0 Å². The fourth-order valence-corrected chi connectivity index (χ4v) is 1.91. The first-order valence-electron chi connectivity index (χ1n) is 5.48. The maximum absolute atomic E-state index is 5.63. The average Bonchev–Trinajstić information content (AvgIpc) is 2.11. The normalized spacial score (nSPS) is 30.0. The van der Waals surface area contributed by atoms with E-state index in [2.05, 4.69) is 10.6 Å². The first-order valence-corrected chi connectivity index (χ1v) is 5.48. The zero-order valence-electron chi connectivity index (χ0n) is 8.22. The second kappa shape index (κ2) is 4.94. The van der Waals surface area contributed by atoms with E-state index in [1.54, 1.807) is 0 Å². The van der Waals surface area contributed by atoms with Crippen LogP contribution in [0.15, 0.2) is 0 Å². The van der Waals surface area contributed by atoms with Crippen molar-refractivity contribution in [1.29, 1.82) is 0 Å². The van der Waals surface area contributed by atoms with Crippen molar-refractivity contribution in [1.82, 2.24) is 10.6 Å². The van der Waals surface area contributed by atoms with Gasteiger partial charge in [0.15, 0.2) is 0 Å². The Bertz CT molecular complexity index is 142. The highest BCUT2D eigenvalue weighted by atomic mass is 16.5. The third kappa shape index (κ3) is 2.93. The lowest BCUT2D eigenvalue weighted by atomic mass is 10.0. The van der Waals surface area contributed by atoms with Crippen LogP contribution in [-0.4, -0.2) is 38.9 Å². The van der Waals surface area contributed by atoms with Gasteiger partial charge in [-0.05, 0) is 25.2 Å². The summed E-state index contributed by atoms with van der Waals surface area (Å²) in [5, 5.41) is 6.77. The van der Waals surface area contributed by atoms with Crippen molar-refractivity contribution >= 4 is 0 Å². The summed E-state index contributed by atoms with van der Waals surface area (Å²) in [7, 11) is 0. The maximum Gasteiger partial charge on any atom is 0.0699 e. The molecule has 2 aliphatic heterocycles. The molecule has 2 heterocycles. The highest BCUT2D eigenvalue weighted by Crippen LogP contribution is 2.11. The van der Waals surface area contributed by atoms with Crippen LogP contribution in [0, 0.1) is 5.92 Å². The summed E-state index contributed by atoms with van der Waals surface area (Å²) in [6.45, 7) is 5.57. The highest BCUT2D eigenvalue weighted by molar-refractivity contribution is 4.77. The molecule has 1 atom stereocenters. The Hall–Kier alpha value is -0.120. The van der Waals surface area contributed by atoms with Crippen LogP contribution in [0.25, 0.3) is 0 Å². The van der Waals surface area contributed by atoms with Crippen LogP contribution in [0.2, 0.25) is 0 Å². The molecule has 3 nitrogen and oxygen atoms in total. The second-order valence-electron chi connectivity index (χ2n) is 4.17. The van der Waals surface area contributed by atoms with Crippen molar-refractivity contribution in [3.63, 3.8) is 0 Å². The largest absolute Gasteiger partial charge is 0.377 e. The standard InChI is InChI=1S/C10H20N2O/c1-2-4-13-10(3-1)8-12-7-9-5-11-6-9/h9-12H,1-8H2. The molecule has 2 aliphatic rings. The van der Waals surface area contributed by atoms with Crippen molar-refractivity contribution < 1.29 is 4.74 Å². The SMILES string of the molecule is C1CCC(CNCC2CNC2)OC1. The van der Waals surface area contributed by atoms with E-state index in [1.165, 1.54) is 32.4 Å². The first kappa shape index (κ1) is 9.44. The summed E-state index contributed by atoms with van der Waals surface area (Å²) in [5.74, 6) is 0.864. The molecule has 2 N–H and O–H groups in total. The Morgan fingerprint density at radius 2 is 2.15 bits per heavy atom. The summed E-state index contributed by atoms with van der Waals surface area (Å²) in [5.41, 5.74) is 0. The van der Waals surface area contributed by atoms with Gasteiger partial charge in [-0.25, -0.2) is 0 Å². The quantitative estimate of drug-likeness (QED) is 0.662. The number of nitrogens with one attached hydrogen (secondary N) is 2. The molecule has 2 fully saturated rings. The van der Waals surface area contributed by atoms with Crippen molar-refractivity contribution in [2.24, 2.45) is 5.92 Å². The number of hydrogen-bond donors (Lipinski definition) is 2. The van der Waals surface area contributed by atoms with E-state index in [0.29, 0.717) is 6.10 Å². The van der Waals surface area contributed by atoms with Gasteiger partial charge in [0.05, 0.1) is 6.10 Å². The molecular formula is C10H20N2O. The molecule has 0 aromatic heterocycles. The zero-order chi connectivity index (χ0) is 8.93. The van der Waals surface area contributed by atoms with Crippen LogP contribution in [0.3, 0.4) is 0 Å². The van der Waals surface area contributed by atoms with Crippen LogP contribution in [0.4, 0.5) is 0 Å². The van der Waals surface area contributed by atoms with Crippen LogP contribution in [0.1, 0.15) is 19.3 Å². The summed E-state index contributed by atoms with van der Waals surface area (Å²) in [6, 6.07) is 0. The molecule has 0 saturated carbocycles. The van der Waals surface area contributed by atoms with E-state index >= 15 is 0 Å². The molecule has 3 heteroatoms. The minimum absolute atomic E-state index is 0.488. The fourth-order valence-electron chi connectivity index (χ4n) is 1.91. The molecule has 0 spiro atoms. The van der Waals surface area contributed by atoms with E-state index in [9.17, 15) is 0 Å². The first-order chi connectivity index (χ1) is 6.45. The van der Waals surface area contributed by atoms with Crippen molar-refractivity contribution in [3.05, 3.63) is 0 Å². The molecule has 0 aliphatic carbocycles. The summed E-state index contributed by atoms with van der Waals surface area (Å²) < 4.78 is 5.63. The van der Waals surface area contributed by atoms with Gasteiger partial charge in [-0.15, -0.1) is 0 Å². The van der Waals surface area contributed by atoms with Gasteiger partial charge in [0.25, 0.3) is 0 Å². The number of hydrogen-bond acceptors (Lipinski definition) is 3. The Morgan fingerprint density at radius 1 is 1.23 bits per heavy atom. The molecule has 0 amide bonds. The topological polar surface area (TPSA) is 33.3 Å². The molecule has 76 valence electrons. The van der Waals surface area contributed by atoms with Crippen molar-refractivity contribution in [3.8, 4) is 0 Å². The van der Waals surface area contributed by atoms with E-state index in [0.717, 1.165) is 25.6 Å². The lowest BCUT2D eigenvalue weighted by molar-refractivity contribution is 0.0162.